The number of aromatic nitrogens is 2. The van der Waals surface area contributed by atoms with Gasteiger partial charge >= 0.3 is 0 Å². The Labute approximate surface area is 124 Å². The zero-order chi connectivity index (χ0) is 15.4. The summed E-state index contributed by atoms with van der Waals surface area (Å²) in [4.78, 5) is 6.35. The summed E-state index contributed by atoms with van der Waals surface area (Å²) in [5.74, 6) is 1.74. The van der Waals surface area contributed by atoms with Crippen molar-refractivity contribution < 1.29 is 9.26 Å². The summed E-state index contributed by atoms with van der Waals surface area (Å²) in [6, 6.07) is 7.32. The molecule has 2 aromatic rings. The molecule has 0 spiro atoms. The maximum atomic E-state index is 6.03. The molecular formula is C15H22N4O2. The van der Waals surface area contributed by atoms with Crippen LogP contribution in [0.15, 0.2) is 28.8 Å². The Hall–Kier alpha value is -1.92. The van der Waals surface area contributed by atoms with E-state index in [0.717, 1.165) is 11.3 Å². The Balaban J connectivity index is 2.17. The van der Waals surface area contributed by atoms with Crippen molar-refractivity contribution in [2.45, 2.75) is 26.0 Å². The van der Waals surface area contributed by atoms with Gasteiger partial charge in [0, 0.05) is 12.1 Å². The predicted molar refractivity (Wildman–Crippen MR) is 81.0 cm³/mol. The summed E-state index contributed by atoms with van der Waals surface area (Å²) >= 11 is 0. The second-order valence-electron chi connectivity index (χ2n) is 5.52. The summed E-state index contributed by atoms with van der Waals surface area (Å²) in [7, 11) is 3.90. The van der Waals surface area contributed by atoms with E-state index >= 15 is 0 Å². The van der Waals surface area contributed by atoms with Crippen molar-refractivity contribution in [1.29, 1.82) is 0 Å². The molecule has 2 rings (SSSR count). The third kappa shape index (κ3) is 4.27. The summed E-state index contributed by atoms with van der Waals surface area (Å²) in [6.45, 7) is 4.63. The van der Waals surface area contributed by atoms with E-state index in [1.807, 2.05) is 57.1 Å². The van der Waals surface area contributed by atoms with Gasteiger partial charge in [0.25, 0.3) is 5.89 Å². The molecule has 21 heavy (non-hydrogen) atoms. The van der Waals surface area contributed by atoms with Crippen LogP contribution in [0, 0.1) is 0 Å². The smallest absolute Gasteiger partial charge is 0.258 e. The molecule has 0 fully saturated rings. The molecule has 0 aliphatic heterocycles. The van der Waals surface area contributed by atoms with Gasteiger partial charge in [-0.1, -0.05) is 11.2 Å². The van der Waals surface area contributed by atoms with E-state index in [4.69, 9.17) is 15.0 Å². The maximum absolute atomic E-state index is 6.03. The van der Waals surface area contributed by atoms with Crippen LogP contribution in [0.5, 0.6) is 5.75 Å². The molecule has 0 saturated heterocycles. The van der Waals surface area contributed by atoms with Gasteiger partial charge in [-0.3, -0.25) is 0 Å². The lowest BCUT2D eigenvalue weighted by Crippen LogP contribution is -2.26. The van der Waals surface area contributed by atoms with Gasteiger partial charge in [-0.15, -0.1) is 0 Å². The van der Waals surface area contributed by atoms with E-state index in [9.17, 15) is 0 Å². The number of likely N-dealkylation sites (N-methyl/N-ethyl adjacent to an activating group) is 1. The zero-order valence-corrected chi connectivity index (χ0v) is 12.9. The number of hydrogen-bond donors (Lipinski definition) is 1. The van der Waals surface area contributed by atoms with E-state index < -0.39 is 0 Å². The van der Waals surface area contributed by atoms with Gasteiger partial charge in [0.2, 0.25) is 0 Å². The maximum Gasteiger partial charge on any atom is 0.258 e. The molecule has 0 aliphatic rings. The third-order valence-electron chi connectivity index (χ3n) is 2.79. The first-order chi connectivity index (χ1) is 9.95. The van der Waals surface area contributed by atoms with Crippen molar-refractivity contribution in [3.63, 3.8) is 0 Å². The van der Waals surface area contributed by atoms with E-state index in [1.165, 1.54) is 0 Å². The SMILES string of the molecule is CC(C)Oc1cccc(-c2nc(C(N)CN(C)C)no2)c1. The molecule has 2 N–H and O–H groups in total. The summed E-state index contributed by atoms with van der Waals surface area (Å²) in [5, 5.41) is 3.96. The van der Waals surface area contributed by atoms with Gasteiger partial charge in [0.05, 0.1) is 12.1 Å². The fourth-order valence-corrected chi connectivity index (χ4v) is 1.95. The quantitative estimate of drug-likeness (QED) is 0.877. The first-order valence-electron chi connectivity index (χ1n) is 6.96. The minimum absolute atomic E-state index is 0.118. The molecule has 0 saturated carbocycles. The molecule has 6 heteroatoms. The summed E-state index contributed by atoms with van der Waals surface area (Å²) in [6.07, 6.45) is 0.118. The van der Waals surface area contributed by atoms with Gasteiger partial charge in [-0.05, 0) is 46.1 Å². The normalized spacial score (nSPS) is 12.9. The number of rotatable bonds is 6. The van der Waals surface area contributed by atoms with Crippen molar-refractivity contribution in [3.8, 4) is 17.2 Å². The van der Waals surface area contributed by atoms with Gasteiger partial charge in [0.15, 0.2) is 5.82 Å². The van der Waals surface area contributed by atoms with Crippen LogP contribution in [-0.2, 0) is 0 Å². The monoisotopic (exact) mass is 290 g/mol. The van der Waals surface area contributed by atoms with Crippen LogP contribution < -0.4 is 10.5 Å². The molecule has 0 aliphatic carbocycles. The third-order valence-corrected chi connectivity index (χ3v) is 2.79. The lowest BCUT2D eigenvalue weighted by atomic mass is 10.2. The molecular weight excluding hydrogens is 268 g/mol. The van der Waals surface area contributed by atoms with Crippen LogP contribution in [0.2, 0.25) is 0 Å². The molecule has 1 atom stereocenters. The molecule has 1 aromatic carbocycles. The van der Waals surface area contributed by atoms with Crippen molar-refractivity contribution in [3.05, 3.63) is 30.1 Å². The van der Waals surface area contributed by atoms with E-state index in [-0.39, 0.29) is 12.1 Å². The van der Waals surface area contributed by atoms with Crippen molar-refractivity contribution >= 4 is 0 Å². The molecule has 1 heterocycles. The lowest BCUT2D eigenvalue weighted by molar-refractivity contribution is 0.242. The average Bonchev–Trinajstić information content (AvgIpc) is 2.87. The molecule has 1 unspecified atom stereocenters. The Morgan fingerprint density at radius 1 is 1.33 bits per heavy atom. The highest BCUT2D eigenvalue weighted by Crippen LogP contribution is 2.24. The second kappa shape index (κ2) is 6.69. The standard InChI is InChI=1S/C15H22N4O2/c1-10(2)20-12-7-5-6-11(8-12)15-17-14(18-21-15)13(16)9-19(3)4/h5-8,10,13H,9,16H2,1-4H3. The van der Waals surface area contributed by atoms with Crippen LogP contribution in [-0.4, -0.2) is 41.8 Å². The fourth-order valence-electron chi connectivity index (χ4n) is 1.95. The Kier molecular flexibility index (Phi) is 4.93. The molecule has 114 valence electrons. The lowest BCUT2D eigenvalue weighted by Gasteiger charge is -2.12. The van der Waals surface area contributed by atoms with Gasteiger partial charge in [-0.25, -0.2) is 0 Å². The van der Waals surface area contributed by atoms with Crippen LogP contribution in [0.3, 0.4) is 0 Å². The predicted octanol–water partition coefficient (Wildman–Crippen LogP) is 2.09. The van der Waals surface area contributed by atoms with Gasteiger partial charge in [0.1, 0.15) is 5.75 Å². The number of ether oxygens (including phenoxy) is 1. The van der Waals surface area contributed by atoms with E-state index in [1.54, 1.807) is 0 Å². The largest absolute Gasteiger partial charge is 0.491 e. The number of hydrogen-bond acceptors (Lipinski definition) is 6. The fraction of sp³-hybridized carbons (Fsp3) is 0.467. The molecule has 6 nitrogen and oxygen atoms in total. The van der Waals surface area contributed by atoms with E-state index in [2.05, 4.69) is 10.1 Å². The van der Waals surface area contributed by atoms with E-state index in [0.29, 0.717) is 18.3 Å². The molecule has 1 aromatic heterocycles. The Morgan fingerprint density at radius 3 is 2.76 bits per heavy atom. The van der Waals surface area contributed by atoms with Crippen LogP contribution >= 0.6 is 0 Å². The number of nitrogens with zero attached hydrogens (tertiary/aromatic N) is 3. The molecule has 0 bridgehead atoms. The Morgan fingerprint density at radius 2 is 2.10 bits per heavy atom. The minimum Gasteiger partial charge on any atom is -0.491 e. The van der Waals surface area contributed by atoms with Crippen LogP contribution in [0.4, 0.5) is 0 Å². The molecule has 0 radical (unpaired) electrons. The summed E-state index contributed by atoms with van der Waals surface area (Å²) < 4.78 is 11.0. The first-order valence-corrected chi connectivity index (χ1v) is 6.96. The number of nitrogens with two attached hydrogens (primary N) is 1. The topological polar surface area (TPSA) is 77.4 Å². The van der Waals surface area contributed by atoms with Crippen molar-refractivity contribution in [2.75, 3.05) is 20.6 Å². The highest BCUT2D eigenvalue weighted by atomic mass is 16.5. The second-order valence-corrected chi connectivity index (χ2v) is 5.52. The van der Waals surface area contributed by atoms with Gasteiger partial charge in [-0.2, -0.15) is 4.98 Å². The van der Waals surface area contributed by atoms with Crippen molar-refractivity contribution in [2.24, 2.45) is 5.73 Å². The molecule has 0 amide bonds. The van der Waals surface area contributed by atoms with Crippen molar-refractivity contribution in [1.82, 2.24) is 15.0 Å². The first kappa shape index (κ1) is 15.5. The zero-order valence-electron chi connectivity index (χ0n) is 12.9. The van der Waals surface area contributed by atoms with Crippen LogP contribution in [0.1, 0.15) is 25.7 Å². The minimum atomic E-state index is -0.271. The highest BCUT2D eigenvalue weighted by molar-refractivity contribution is 5.55. The highest BCUT2D eigenvalue weighted by Gasteiger charge is 2.16. The average molecular weight is 290 g/mol. The summed E-state index contributed by atoms with van der Waals surface area (Å²) in [5.41, 5.74) is 6.85. The van der Waals surface area contributed by atoms with Gasteiger partial charge < -0.3 is 19.9 Å². The van der Waals surface area contributed by atoms with Crippen LogP contribution in [0.25, 0.3) is 11.5 Å². The number of benzene rings is 1. The Bertz CT molecular complexity index is 581.